The third-order valence-electron chi connectivity index (χ3n) is 4.23. The lowest BCUT2D eigenvalue weighted by Crippen LogP contribution is -2.51. The zero-order valence-corrected chi connectivity index (χ0v) is 15.9. The largest absolute Gasteiger partial charge is 0.508 e. The highest BCUT2D eigenvalue weighted by Crippen LogP contribution is 2.19. The minimum absolute atomic E-state index is 0.000270. The Bertz CT molecular complexity index is 738. The predicted molar refractivity (Wildman–Crippen MR) is 101 cm³/mol. The summed E-state index contributed by atoms with van der Waals surface area (Å²) >= 11 is 1.13. The van der Waals surface area contributed by atoms with Gasteiger partial charge in [0, 0.05) is 25.3 Å². The molecule has 2 atom stereocenters. The number of phenols is 1. The molecule has 28 heavy (non-hydrogen) atoms. The third-order valence-corrected chi connectivity index (χ3v) is 5.43. The first-order valence-corrected chi connectivity index (χ1v) is 9.73. The Morgan fingerprint density at radius 1 is 1.14 bits per heavy atom. The molecule has 9 nitrogen and oxygen atoms in total. The molecule has 1 saturated heterocycles. The number of carbonyl (C=O) groups is 4. The van der Waals surface area contributed by atoms with Crippen LogP contribution in [-0.4, -0.2) is 74.1 Å². The molecule has 10 heteroatoms. The van der Waals surface area contributed by atoms with Crippen LogP contribution in [0.25, 0.3) is 0 Å². The average molecular weight is 410 g/mol. The number of carbonyl (C=O) groups excluding carboxylic acids is 2. The van der Waals surface area contributed by atoms with Gasteiger partial charge in [-0.3, -0.25) is 19.2 Å². The summed E-state index contributed by atoms with van der Waals surface area (Å²) in [6.07, 6.45) is -0.459. The Balaban J connectivity index is 2.24. The maximum Gasteiger partial charge on any atom is 0.305 e. The molecule has 0 unspecified atom stereocenters. The maximum absolute atomic E-state index is 13.0. The lowest BCUT2D eigenvalue weighted by molar-refractivity contribution is -0.140. The second kappa shape index (κ2) is 9.98. The van der Waals surface area contributed by atoms with Gasteiger partial charge in [0.1, 0.15) is 11.8 Å². The van der Waals surface area contributed by atoms with Gasteiger partial charge in [0.2, 0.25) is 11.8 Å². The van der Waals surface area contributed by atoms with E-state index in [0.717, 1.165) is 11.8 Å². The number of hydrogen-bond donors (Lipinski definition) is 4. The molecule has 1 aliphatic heterocycles. The van der Waals surface area contributed by atoms with Gasteiger partial charge in [-0.2, -0.15) is 0 Å². The number of phenolic OH excluding ortho intramolecular Hbond substituents is 1. The number of carboxylic acid groups (broad SMARTS) is 2. The van der Waals surface area contributed by atoms with Crippen molar-refractivity contribution < 1.29 is 34.5 Å². The summed E-state index contributed by atoms with van der Waals surface area (Å²) in [5.41, 5.74) is 0.691. The van der Waals surface area contributed by atoms with Crippen molar-refractivity contribution in [3.8, 4) is 5.75 Å². The van der Waals surface area contributed by atoms with Gasteiger partial charge in [0.05, 0.1) is 18.1 Å². The fraction of sp³-hybridized carbons (Fsp3) is 0.444. The van der Waals surface area contributed by atoms with E-state index in [0.29, 0.717) is 11.3 Å². The molecule has 0 bridgehead atoms. The number of benzene rings is 1. The van der Waals surface area contributed by atoms with Crippen LogP contribution in [0.3, 0.4) is 0 Å². The molecule has 1 fully saturated rings. The van der Waals surface area contributed by atoms with Crippen molar-refractivity contribution in [1.82, 2.24) is 10.2 Å². The van der Waals surface area contributed by atoms with Gasteiger partial charge in [-0.25, -0.2) is 0 Å². The van der Waals surface area contributed by atoms with Crippen LogP contribution in [0.1, 0.15) is 18.4 Å². The Hall–Kier alpha value is -2.75. The van der Waals surface area contributed by atoms with E-state index in [2.05, 4.69) is 5.32 Å². The van der Waals surface area contributed by atoms with Crippen LogP contribution in [-0.2, 0) is 25.6 Å². The van der Waals surface area contributed by atoms with E-state index in [1.54, 1.807) is 12.1 Å². The molecule has 2 amide bonds. The summed E-state index contributed by atoms with van der Waals surface area (Å²) in [5.74, 6) is -2.72. The fourth-order valence-electron chi connectivity index (χ4n) is 2.81. The van der Waals surface area contributed by atoms with E-state index in [9.17, 15) is 24.3 Å². The molecule has 0 spiro atoms. The minimum Gasteiger partial charge on any atom is -0.508 e. The van der Waals surface area contributed by atoms with Crippen LogP contribution in [0.5, 0.6) is 5.75 Å². The molecule has 1 aromatic rings. The number of nitrogens with one attached hydrogen (secondary N) is 1. The first kappa shape index (κ1) is 21.5. The van der Waals surface area contributed by atoms with E-state index in [4.69, 9.17) is 10.2 Å². The monoisotopic (exact) mass is 410 g/mol. The first-order valence-electron chi connectivity index (χ1n) is 8.68. The van der Waals surface area contributed by atoms with Gasteiger partial charge in [-0.15, -0.1) is 11.8 Å². The third kappa shape index (κ3) is 6.45. The number of rotatable bonds is 7. The summed E-state index contributed by atoms with van der Waals surface area (Å²) in [7, 11) is 0. The van der Waals surface area contributed by atoms with Crippen LogP contribution < -0.4 is 5.32 Å². The molecule has 4 N–H and O–H groups in total. The molecule has 152 valence electrons. The van der Waals surface area contributed by atoms with Gasteiger partial charge in [-0.05, 0) is 17.7 Å². The van der Waals surface area contributed by atoms with E-state index in [1.807, 2.05) is 0 Å². The van der Waals surface area contributed by atoms with E-state index < -0.39 is 35.0 Å². The van der Waals surface area contributed by atoms with Gasteiger partial charge < -0.3 is 25.5 Å². The van der Waals surface area contributed by atoms with Crippen LogP contribution in [0.2, 0.25) is 0 Å². The van der Waals surface area contributed by atoms with Crippen LogP contribution in [0.15, 0.2) is 24.3 Å². The fourth-order valence-corrected chi connectivity index (χ4v) is 3.90. The number of thioether (sulfide) groups is 1. The van der Waals surface area contributed by atoms with Gasteiger partial charge in [0.25, 0.3) is 0 Å². The topological polar surface area (TPSA) is 144 Å². The lowest BCUT2D eigenvalue weighted by atomic mass is 10.0. The molecule has 2 rings (SSSR count). The normalized spacial score (nSPS) is 20.6. The molecule has 0 saturated carbocycles. The lowest BCUT2D eigenvalue weighted by Gasteiger charge is -2.26. The predicted octanol–water partition coefficient (Wildman–Crippen LogP) is 0.313. The van der Waals surface area contributed by atoms with E-state index >= 15 is 0 Å². The van der Waals surface area contributed by atoms with Crippen LogP contribution >= 0.6 is 11.8 Å². The number of amides is 2. The molecule has 1 aromatic carbocycles. The number of aromatic hydroxyl groups is 1. The summed E-state index contributed by atoms with van der Waals surface area (Å²) < 4.78 is 0. The molecule has 1 heterocycles. The zero-order valence-electron chi connectivity index (χ0n) is 15.0. The number of hydrogen-bond acceptors (Lipinski definition) is 6. The van der Waals surface area contributed by atoms with Gasteiger partial charge in [0.15, 0.2) is 0 Å². The number of carboxylic acids is 2. The number of nitrogens with zero attached hydrogens (tertiary/aromatic N) is 1. The van der Waals surface area contributed by atoms with Gasteiger partial charge >= 0.3 is 11.9 Å². The Morgan fingerprint density at radius 2 is 1.82 bits per heavy atom. The van der Waals surface area contributed by atoms with Gasteiger partial charge in [-0.1, -0.05) is 12.1 Å². The molecular formula is C18H22N2O7S. The SMILES string of the molecule is O=C(O)CCN1CCS[C@H](CC(=O)O)C(=O)N[C@@H](Cc2ccc(O)cc2)C1=O. The Kier molecular flexibility index (Phi) is 7.68. The zero-order chi connectivity index (χ0) is 20.7. The summed E-state index contributed by atoms with van der Waals surface area (Å²) in [5, 5.41) is 29.1. The van der Waals surface area contributed by atoms with E-state index in [1.165, 1.54) is 17.0 Å². The highest BCUT2D eigenvalue weighted by molar-refractivity contribution is 8.00. The second-order valence-electron chi connectivity index (χ2n) is 6.36. The highest BCUT2D eigenvalue weighted by Gasteiger charge is 2.32. The van der Waals surface area contributed by atoms with Crippen molar-refractivity contribution in [3.05, 3.63) is 29.8 Å². The van der Waals surface area contributed by atoms with Crippen molar-refractivity contribution in [2.75, 3.05) is 18.8 Å². The molecule has 1 aliphatic rings. The van der Waals surface area contributed by atoms with Crippen molar-refractivity contribution in [1.29, 1.82) is 0 Å². The van der Waals surface area contributed by atoms with Crippen molar-refractivity contribution in [3.63, 3.8) is 0 Å². The molecule has 0 aromatic heterocycles. The highest BCUT2D eigenvalue weighted by atomic mass is 32.2. The average Bonchev–Trinajstić information content (AvgIpc) is 2.67. The van der Waals surface area contributed by atoms with Crippen LogP contribution in [0.4, 0.5) is 0 Å². The van der Waals surface area contributed by atoms with Crippen molar-refractivity contribution >= 4 is 35.5 Å². The van der Waals surface area contributed by atoms with Crippen LogP contribution in [0, 0.1) is 0 Å². The standard InChI is InChI=1S/C18H22N2O7S/c21-12-3-1-11(2-4-12)9-13-18(27)20(6-5-15(22)23)7-8-28-14(10-16(24)25)17(26)19-13/h1-4,13-14,21H,5-10H2,(H,19,26)(H,22,23)(H,24,25)/t13-,14+/m0/s1. The Morgan fingerprint density at radius 3 is 2.43 bits per heavy atom. The number of aliphatic carboxylic acids is 2. The van der Waals surface area contributed by atoms with Crippen molar-refractivity contribution in [2.45, 2.75) is 30.6 Å². The smallest absolute Gasteiger partial charge is 0.305 e. The minimum atomic E-state index is -1.11. The van der Waals surface area contributed by atoms with E-state index in [-0.39, 0.29) is 38.1 Å². The summed E-state index contributed by atoms with van der Waals surface area (Å²) in [6, 6.07) is 5.20. The molecule has 0 aliphatic carbocycles. The quantitative estimate of drug-likeness (QED) is 0.503. The maximum atomic E-state index is 13.0. The van der Waals surface area contributed by atoms with Crippen molar-refractivity contribution in [2.24, 2.45) is 0 Å². The first-order chi connectivity index (χ1) is 13.3. The Labute approximate surface area is 165 Å². The summed E-state index contributed by atoms with van der Waals surface area (Å²) in [6.45, 7) is 0.216. The molecular weight excluding hydrogens is 388 g/mol. The summed E-state index contributed by atoms with van der Waals surface area (Å²) in [4.78, 5) is 48.8. The molecule has 0 radical (unpaired) electrons. The second-order valence-corrected chi connectivity index (χ2v) is 7.67.